The Morgan fingerprint density at radius 1 is 0.955 bits per heavy atom. The van der Waals surface area contributed by atoms with Gasteiger partial charge in [0.1, 0.15) is 24.6 Å². The van der Waals surface area contributed by atoms with E-state index in [1.807, 2.05) is 30.3 Å². The van der Waals surface area contributed by atoms with E-state index in [0.29, 0.717) is 12.0 Å². The van der Waals surface area contributed by atoms with E-state index in [0.717, 1.165) is 5.56 Å². The Bertz CT molecular complexity index is 635. The summed E-state index contributed by atoms with van der Waals surface area (Å²) < 4.78 is 5.07. The predicted octanol–water partition coefficient (Wildman–Crippen LogP) is 3.03. The lowest BCUT2D eigenvalue weighted by Crippen LogP contribution is -2.12. The molecule has 0 spiro atoms. The number of aryl methyl sites for hydroxylation is 1. The maximum absolute atomic E-state index is 11.8. The van der Waals surface area contributed by atoms with E-state index in [4.69, 9.17) is 4.74 Å². The van der Waals surface area contributed by atoms with Crippen molar-refractivity contribution in [2.75, 3.05) is 0 Å². The molecule has 0 unspecified atom stereocenters. The normalized spacial score (nSPS) is 10.2. The van der Waals surface area contributed by atoms with Gasteiger partial charge in [-0.2, -0.15) is 0 Å². The van der Waals surface area contributed by atoms with E-state index >= 15 is 0 Å². The number of phenolic OH excluding ortho intramolecular Hbond substituents is 1. The summed E-state index contributed by atoms with van der Waals surface area (Å²) in [5.41, 5.74) is 1.59. The van der Waals surface area contributed by atoms with Gasteiger partial charge in [0.05, 0.1) is 0 Å². The number of hydrogen-bond donors (Lipinski definition) is 1. The molecule has 1 N–H and O–H groups in total. The van der Waals surface area contributed by atoms with Crippen LogP contribution < -0.4 is 0 Å². The Labute approximate surface area is 129 Å². The van der Waals surface area contributed by atoms with Gasteiger partial charge in [0.25, 0.3) is 0 Å². The highest BCUT2D eigenvalue weighted by Crippen LogP contribution is 2.17. The summed E-state index contributed by atoms with van der Waals surface area (Å²) >= 11 is 0. The minimum atomic E-state index is -0.522. The van der Waals surface area contributed by atoms with Crippen LogP contribution in [0.2, 0.25) is 0 Å². The van der Waals surface area contributed by atoms with Gasteiger partial charge in [-0.15, -0.1) is 0 Å². The largest absolute Gasteiger partial charge is 0.508 e. The fourth-order valence-corrected chi connectivity index (χ4v) is 2.03. The molecule has 2 rings (SSSR count). The predicted molar refractivity (Wildman–Crippen MR) is 82.3 cm³/mol. The van der Waals surface area contributed by atoms with Crippen molar-refractivity contribution in [1.82, 2.24) is 0 Å². The standard InChI is InChI=1S/C18H18O4/c19-16(11-10-15-8-4-5-9-17(15)20)12-18(21)22-13-14-6-2-1-3-7-14/h1-9,20H,10-13H2. The third-order valence-electron chi connectivity index (χ3n) is 3.25. The number of aromatic hydroxyl groups is 1. The van der Waals surface area contributed by atoms with Crippen LogP contribution in [0.15, 0.2) is 54.6 Å². The van der Waals surface area contributed by atoms with Gasteiger partial charge in [0, 0.05) is 6.42 Å². The van der Waals surface area contributed by atoms with Crippen LogP contribution in [-0.4, -0.2) is 16.9 Å². The van der Waals surface area contributed by atoms with E-state index in [9.17, 15) is 14.7 Å². The Morgan fingerprint density at radius 3 is 2.36 bits per heavy atom. The second kappa shape index (κ2) is 7.98. The lowest BCUT2D eigenvalue weighted by atomic mass is 10.1. The smallest absolute Gasteiger partial charge is 0.313 e. The topological polar surface area (TPSA) is 63.6 Å². The Kier molecular flexibility index (Phi) is 5.72. The average molecular weight is 298 g/mol. The van der Waals surface area contributed by atoms with Crippen LogP contribution in [0.5, 0.6) is 5.75 Å². The molecule has 0 aromatic heterocycles. The Balaban J connectivity index is 1.72. The average Bonchev–Trinajstić information content (AvgIpc) is 2.53. The van der Waals surface area contributed by atoms with Crippen LogP contribution in [-0.2, 0) is 27.4 Å². The highest BCUT2D eigenvalue weighted by molar-refractivity contribution is 5.95. The van der Waals surface area contributed by atoms with Gasteiger partial charge in [0.2, 0.25) is 0 Å². The van der Waals surface area contributed by atoms with Gasteiger partial charge in [-0.3, -0.25) is 9.59 Å². The van der Waals surface area contributed by atoms with Crippen molar-refractivity contribution in [3.05, 3.63) is 65.7 Å². The number of carbonyl (C=O) groups excluding carboxylic acids is 2. The monoisotopic (exact) mass is 298 g/mol. The highest BCUT2D eigenvalue weighted by atomic mass is 16.5. The number of benzene rings is 2. The zero-order valence-electron chi connectivity index (χ0n) is 12.2. The molecule has 0 atom stereocenters. The van der Waals surface area contributed by atoms with E-state index in [-0.39, 0.29) is 31.0 Å². The number of hydrogen-bond acceptors (Lipinski definition) is 4. The lowest BCUT2D eigenvalue weighted by Gasteiger charge is -2.05. The Morgan fingerprint density at radius 2 is 1.64 bits per heavy atom. The first-order valence-electron chi connectivity index (χ1n) is 7.13. The number of phenols is 1. The quantitative estimate of drug-likeness (QED) is 0.630. The highest BCUT2D eigenvalue weighted by Gasteiger charge is 2.12. The summed E-state index contributed by atoms with van der Waals surface area (Å²) in [7, 11) is 0. The molecular formula is C18H18O4. The fraction of sp³-hybridized carbons (Fsp3) is 0.222. The van der Waals surface area contributed by atoms with Crippen molar-refractivity contribution in [3.63, 3.8) is 0 Å². The molecule has 0 aliphatic carbocycles. The molecule has 0 radical (unpaired) electrons. The number of para-hydroxylation sites is 1. The Hall–Kier alpha value is -2.62. The molecule has 0 saturated heterocycles. The number of rotatable bonds is 7. The number of carbonyl (C=O) groups is 2. The summed E-state index contributed by atoms with van der Waals surface area (Å²) in [4.78, 5) is 23.4. The fourth-order valence-electron chi connectivity index (χ4n) is 2.03. The molecule has 114 valence electrons. The summed E-state index contributed by atoms with van der Waals surface area (Å²) in [5.74, 6) is -0.547. The van der Waals surface area contributed by atoms with E-state index in [2.05, 4.69) is 0 Å². The summed E-state index contributed by atoms with van der Waals surface area (Å²) in [5, 5.41) is 9.61. The maximum Gasteiger partial charge on any atom is 0.313 e. The van der Waals surface area contributed by atoms with Gasteiger partial charge in [0.15, 0.2) is 0 Å². The van der Waals surface area contributed by atoms with Crippen molar-refractivity contribution < 1.29 is 19.4 Å². The second-order valence-corrected chi connectivity index (χ2v) is 4.99. The van der Waals surface area contributed by atoms with Gasteiger partial charge >= 0.3 is 5.97 Å². The van der Waals surface area contributed by atoms with Crippen LogP contribution in [0.1, 0.15) is 24.0 Å². The molecule has 0 aliphatic rings. The second-order valence-electron chi connectivity index (χ2n) is 4.99. The third-order valence-corrected chi connectivity index (χ3v) is 3.25. The molecule has 0 aliphatic heterocycles. The molecule has 0 heterocycles. The minimum Gasteiger partial charge on any atom is -0.508 e. The van der Waals surface area contributed by atoms with Crippen molar-refractivity contribution in [3.8, 4) is 5.75 Å². The van der Waals surface area contributed by atoms with E-state index in [1.165, 1.54) is 0 Å². The molecule has 4 heteroatoms. The van der Waals surface area contributed by atoms with Crippen LogP contribution in [0, 0.1) is 0 Å². The third kappa shape index (κ3) is 5.05. The number of ketones is 1. The maximum atomic E-state index is 11.8. The molecule has 0 amide bonds. The number of ether oxygens (including phenoxy) is 1. The zero-order valence-corrected chi connectivity index (χ0v) is 12.2. The van der Waals surface area contributed by atoms with Gasteiger partial charge in [-0.05, 0) is 23.6 Å². The van der Waals surface area contributed by atoms with Crippen molar-refractivity contribution >= 4 is 11.8 Å². The first kappa shape index (κ1) is 15.8. The molecule has 4 nitrogen and oxygen atoms in total. The van der Waals surface area contributed by atoms with Crippen LogP contribution in [0.4, 0.5) is 0 Å². The van der Waals surface area contributed by atoms with Crippen molar-refractivity contribution in [2.45, 2.75) is 25.9 Å². The molecular weight excluding hydrogens is 280 g/mol. The summed E-state index contributed by atoms with van der Waals surface area (Å²) in [6.07, 6.45) is 0.385. The summed E-state index contributed by atoms with van der Waals surface area (Å²) in [6, 6.07) is 16.2. The molecule has 2 aromatic rings. The van der Waals surface area contributed by atoms with Gasteiger partial charge in [-0.25, -0.2) is 0 Å². The zero-order chi connectivity index (χ0) is 15.8. The van der Waals surface area contributed by atoms with E-state index in [1.54, 1.807) is 24.3 Å². The molecule has 0 bridgehead atoms. The lowest BCUT2D eigenvalue weighted by molar-refractivity contribution is -0.147. The molecule has 22 heavy (non-hydrogen) atoms. The van der Waals surface area contributed by atoms with Gasteiger partial charge in [-0.1, -0.05) is 48.5 Å². The molecule has 0 fully saturated rings. The van der Waals surface area contributed by atoms with Gasteiger partial charge < -0.3 is 9.84 Å². The first-order chi connectivity index (χ1) is 10.6. The summed E-state index contributed by atoms with van der Waals surface area (Å²) in [6.45, 7) is 0.173. The SMILES string of the molecule is O=C(CCc1ccccc1O)CC(=O)OCc1ccccc1. The molecule has 2 aromatic carbocycles. The minimum absolute atomic E-state index is 0.168. The van der Waals surface area contributed by atoms with Crippen molar-refractivity contribution in [2.24, 2.45) is 0 Å². The van der Waals surface area contributed by atoms with Crippen LogP contribution in [0.25, 0.3) is 0 Å². The van der Waals surface area contributed by atoms with Crippen LogP contribution >= 0.6 is 0 Å². The number of Topliss-reactive ketones (excluding diaryl/α,β-unsaturated/α-hetero) is 1. The first-order valence-corrected chi connectivity index (χ1v) is 7.13. The molecule has 0 saturated carbocycles. The van der Waals surface area contributed by atoms with E-state index < -0.39 is 5.97 Å². The number of esters is 1. The van der Waals surface area contributed by atoms with Crippen LogP contribution in [0.3, 0.4) is 0 Å². The van der Waals surface area contributed by atoms with Crippen molar-refractivity contribution in [1.29, 1.82) is 0 Å².